The number of para-hydroxylation sites is 1. The summed E-state index contributed by atoms with van der Waals surface area (Å²) in [6.45, 7) is 4.30. The maximum absolute atomic E-state index is 13.2. The molecule has 1 aliphatic rings. The summed E-state index contributed by atoms with van der Waals surface area (Å²) in [6.07, 6.45) is 2.19. The molecule has 29 heavy (non-hydrogen) atoms. The number of aromatic amines is 1. The first-order valence-electron chi connectivity index (χ1n) is 9.56. The normalized spacial score (nSPS) is 13.6. The molecule has 6 heteroatoms. The van der Waals surface area contributed by atoms with Crippen LogP contribution in [-0.2, 0) is 16.0 Å². The van der Waals surface area contributed by atoms with E-state index < -0.39 is 5.97 Å². The number of nitrogens with zero attached hydrogens (tertiary/aromatic N) is 1. The second-order valence-electron chi connectivity index (χ2n) is 6.97. The fourth-order valence-electron chi connectivity index (χ4n) is 3.70. The quantitative estimate of drug-likeness (QED) is 0.637. The lowest BCUT2D eigenvalue weighted by Gasteiger charge is -2.19. The third-order valence-electron chi connectivity index (χ3n) is 5.15. The zero-order chi connectivity index (χ0) is 20.5. The van der Waals surface area contributed by atoms with Crippen molar-refractivity contribution >= 4 is 40.0 Å². The standard InChI is InChI=1S/C23H21ClN2O3/c1-3-29-23(28)18-13-26(22(27)17-9-6-7-14(2)20(17)24)12-11-16-15-8-4-5-10-19(15)25-21(16)18/h4-10,13,25H,3,11-12H2,1-2H3. The Labute approximate surface area is 173 Å². The molecule has 0 fully saturated rings. The van der Waals surface area contributed by atoms with E-state index in [2.05, 4.69) is 4.98 Å². The summed E-state index contributed by atoms with van der Waals surface area (Å²) in [5.41, 5.74) is 4.25. The van der Waals surface area contributed by atoms with Gasteiger partial charge in [-0.05, 0) is 43.5 Å². The average molecular weight is 409 g/mol. The number of ether oxygens (including phenoxy) is 1. The molecule has 0 bridgehead atoms. The Balaban J connectivity index is 1.82. The van der Waals surface area contributed by atoms with E-state index in [0.29, 0.717) is 34.8 Å². The molecule has 1 aromatic heterocycles. The number of benzene rings is 2. The number of amides is 1. The molecule has 5 nitrogen and oxygen atoms in total. The van der Waals surface area contributed by atoms with Crippen molar-refractivity contribution < 1.29 is 14.3 Å². The number of halogens is 1. The Morgan fingerprint density at radius 1 is 1.17 bits per heavy atom. The maximum Gasteiger partial charge on any atom is 0.341 e. The van der Waals surface area contributed by atoms with Gasteiger partial charge in [-0.1, -0.05) is 41.9 Å². The highest BCUT2D eigenvalue weighted by molar-refractivity contribution is 6.34. The monoisotopic (exact) mass is 408 g/mol. The van der Waals surface area contributed by atoms with E-state index in [1.165, 1.54) is 0 Å². The van der Waals surface area contributed by atoms with Gasteiger partial charge in [-0.2, -0.15) is 0 Å². The summed E-state index contributed by atoms with van der Waals surface area (Å²) >= 11 is 6.38. The van der Waals surface area contributed by atoms with Crippen molar-refractivity contribution in [1.29, 1.82) is 0 Å². The summed E-state index contributed by atoms with van der Waals surface area (Å²) in [6, 6.07) is 13.3. The molecule has 0 radical (unpaired) electrons. The van der Waals surface area contributed by atoms with Gasteiger partial charge in [0.05, 0.1) is 28.5 Å². The Morgan fingerprint density at radius 3 is 2.76 bits per heavy atom. The first kappa shape index (κ1) is 19.3. The van der Waals surface area contributed by atoms with Crippen LogP contribution in [0.5, 0.6) is 0 Å². The van der Waals surface area contributed by atoms with Gasteiger partial charge in [-0.3, -0.25) is 4.79 Å². The van der Waals surface area contributed by atoms with Crippen molar-refractivity contribution in [2.24, 2.45) is 0 Å². The molecule has 1 N–H and O–H groups in total. The lowest BCUT2D eigenvalue weighted by atomic mass is 10.0. The number of aryl methyl sites for hydroxylation is 1. The third-order valence-corrected chi connectivity index (χ3v) is 5.65. The smallest absolute Gasteiger partial charge is 0.341 e. The summed E-state index contributed by atoms with van der Waals surface area (Å²) < 4.78 is 5.28. The van der Waals surface area contributed by atoms with Gasteiger partial charge < -0.3 is 14.6 Å². The number of nitrogens with one attached hydrogen (secondary N) is 1. The summed E-state index contributed by atoms with van der Waals surface area (Å²) in [5, 5.41) is 1.47. The fourth-order valence-corrected chi connectivity index (χ4v) is 3.90. The Bertz CT molecular complexity index is 1150. The van der Waals surface area contributed by atoms with Crippen molar-refractivity contribution in [3.63, 3.8) is 0 Å². The van der Waals surface area contributed by atoms with Gasteiger partial charge in [0, 0.05) is 23.6 Å². The summed E-state index contributed by atoms with van der Waals surface area (Å²) in [7, 11) is 0. The second kappa shape index (κ2) is 7.76. The van der Waals surface area contributed by atoms with Crippen LogP contribution >= 0.6 is 11.6 Å². The maximum atomic E-state index is 13.2. The first-order valence-corrected chi connectivity index (χ1v) is 9.94. The predicted molar refractivity (Wildman–Crippen MR) is 114 cm³/mol. The minimum atomic E-state index is -0.463. The lowest BCUT2D eigenvalue weighted by Crippen LogP contribution is -2.28. The highest BCUT2D eigenvalue weighted by atomic mass is 35.5. The van der Waals surface area contributed by atoms with Crippen LogP contribution in [0.15, 0.2) is 48.7 Å². The van der Waals surface area contributed by atoms with E-state index in [4.69, 9.17) is 16.3 Å². The van der Waals surface area contributed by atoms with Gasteiger partial charge in [0.1, 0.15) is 0 Å². The molecule has 0 saturated carbocycles. The van der Waals surface area contributed by atoms with Crippen LogP contribution in [0.3, 0.4) is 0 Å². The molecule has 0 spiro atoms. The van der Waals surface area contributed by atoms with Gasteiger partial charge in [0.2, 0.25) is 0 Å². The van der Waals surface area contributed by atoms with Gasteiger partial charge in [0.25, 0.3) is 5.91 Å². The molecule has 4 rings (SSSR count). The van der Waals surface area contributed by atoms with Crippen LogP contribution in [0.2, 0.25) is 5.02 Å². The number of H-pyrrole nitrogens is 1. The summed E-state index contributed by atoms with van der Waals surface area (Å²) in [5.74, 6) is -0.703. The molecule has 0 saturated heterocycles. The van der Waals surface area contributed by atoms with Crippen molar-refractivity contribution in [2.75, 3.05) is 13.2 Å². The van der Waals surface area contributed by atoms with Crippen LogP contribution in [0.25, 0.3) is 16.5 Å². The first-order chi connectivity index (χ1) is 14.0. The molecule has 148 valence electrons. The Kier molecular flexibility index (Phi) is 5.16. The number of rotatable bonds is 3. The van der Waals surface area contributed by atoms with Crippen LogP contribution in [0, 0.1) is 6.92 Å². The minimum absolute atomic E-state index is 0.241. The molecule has 0 atom stereocenters. The van der Waals surface area contributed by atoms with E-state index in [-0.39, 0.29) is 12.5 Å². The lowest BCUT2D eigenvalue weighted by molar-refractivity contribution is -0.136. The van der Waals surface area contributed by atoms with Crippen molar-refractivity contribution in [2.45, 2.75) is 20.3 Å². The molecule has 0 aliphatic carbocycles. The van der Waals surface area contributed by atoms with E-state index in [9.17, 15) is 9.59 Å². The van der Waals surface area contributed by atoms with Crippen molar-refractivity contribution in [3.05, 3.63) is 76.1 Å². The van der Waals surface area contributed by atoms with Gasteiger partial charge in [-0.15, -0.1) is 0 Å². The van der Waals surface area contributed by atoms with Crippen LogP contribution in [0.4, 0.5) is 0 Å². The molecule has 2 heterocycles. The zero-order valence-corrected chi connectivity index (χ0v) is 17.0. The largest absolute Gasteiger partial charge is 0.462 e. The molecule has 1 amide bonds. The van der Waals surface area contributed by atoms with E-state index in [1.807, 2.05) is 37.3 Å². The number of hydrogen-bond acceptors (Lipinski definition) is 3. The fraction of sp³-hybridized carbons (Fsp3) is 0.217. The molecule has 3 aromatic rings. The van der Waals surface area contributed by atoms with Gasteiger partial charge >= 0.3 is 5.97 Å². The number of carbonyl (C=O) groups is 2. The molecule has 1 aliphatic heterocycles. The van der Waals surface area contributed by atoms with Crippen molar-refractivity contribution in [1.82, 2.24) is 9.88 Å². The Hall–Kier alpha value is -3.05. The van der Waals surface area contributed by atoms with Gasteiger partial charge in [0.15, 0.2) is 0 Å². The molecule has 2 aromatic carbocycles. The number of aromatic nitrogens is 1. The predicted octanol–water partition coefficient (Wildman–Crippen LogP) is 4.73. The van der Waals surface area contributed by atoms with Crippen molar-refractivity contribution in [3.8, 4) is 0 Å². The highest BCUT2D eigenvalue weighted by Gasteiger charge is 2.28. The molecular formula is C23H21ClN2O3. The highest BCUT2D eigenvalue weighted by Crippen LogP contribution is 2.32. The summed E-state index contributed by atoms with van der Waals surface area (Å²) in [4.78, 5) is 30.8. The van der Waals surface area contributed by atoms with Crippen LogP contribution in [0.1, 0.15) is 34.1 Å². The third kappa shape index (κ3) is 3.42. The number of esters is 1. The van der Waals surface area contributed by atoms with Gasteiger partial charge in [-0.25, -0.2) is 4.79 Å². The SMILES string of the molecule is CCOC(=O)C1=CN(C(=O)c2cccc(C)c2Cl)CCc2c1[nH]c1ccccc21. The topological polar surface area (TPSA) is 62.4 Å². The molecular weight excluding hydrogens is 388 g/mol. The minimum Gasteiger partial charge on any atom is -0.462 e. The number of hydrogen-bond donors (Lipinski definition) is 1. The average Bonchev–Trinajstić information content (AvgIpc) is 2.97. The van der Waals surface area contributed by atoms with E-state index >= 15 is 0 Å². The molecule has 0 unspecified atom stereocenters. The van der Waals surface area contributed by atoms with Crippen LogP contribution in [-0.4, -0.2) is 34.9 Å². The van der Waals surface area contributed by atoms with E-state index in [1.54, 1.807) is 30.2 Å². The zero-order valence-electron chi connectivity index (χ0n) is 16.3. The number of fused-ring (bicyclic) bond motifs is 3. The van der Waals surface area contributed by atoms with Crippen LogP contribution < -0.4 is 0 Å². The Morgan fingerprint density at radius 2 is 1.97 bits per heavy atom. The second-order valence-corrected chi connectivity index (χ2v) is 7.35. The number of carbonyl (C=O) groups excluding carboxylic acids is 2. The van der Waals surface area contributed by atoms with E-state index in [0.717, 1.165) is 22.0 Å².